The van der Waals surface area contributed by atoms with Crippen molar-refractivity contribution in [1.82, 2.24) is 5.32 Å². The number of hydrogen-bond donors (Lipinski definition) is 2. The number of benzene rings is 2. The lowest BCUT2D eigenvalue weighted by Gasteiger charge is -2.13. The fourth-order valence-electron chi connectivity index (χ4n) is 2.17. The first-order chi connectivity index (χ1) is 12.3. The van der Waals surface area contributed by atoms with Crippen LogP contribution in [0.5, 0.6) is 5.75 Å². The largest absolute Gasteiger partial charge is 0.492 e. The van der Waals surface area contributed by atoms with Crippen LogP contribution in [0.3, 0.4) is 0 Å². The summed E-state index contributed by atoms with van der Waals surface area (Å²) in [5.74, 6) is 0.868. The monoisotopic (exact) mass is 434 g/mol. The van der Waals surface area contributed by atoms with Gasteiger partial charge in [0.15, 0.2) is 5.11 Å². The van der Waals surface area contributed by atoms with Crippen LogP contribution < -0.4 is 15.4 Å². The van der Waals surface area contributed by atoms with E-state index in [9.17, 15) is 4.79 Å². The smallest absolute Gasteiger partial charge is 0.257 e. The Kier molecular flexibility index (Phi) is 7.17. The zero-order chi connectivity index (χ0) is 19.3. The molecule has 1 amide bonds. The SMILES string of the molecule is Cc1ccc(NC(=S)NC(=O)c2ccc(OCC(C)C)c(Br)c2)cc1C. The van der Waals surface area contributed by atoms with Crippen LogP contribution in [0.1, 0.15) is 35.3 Å². The molecule has 0 aliphatic heterocycles. The molecule has 0 heterocycles. The highest BCUT2D eigenvalue weighted by Gasteiger charge is 2.11. The van der Waals surface area contributed by atoms with Crippen molar-refractivity contribution < 1.29 is 9.53 Å². The fraction of sp³-hybridized carbons (Fsp3) is 0.300. The summed E-state index contributed by atoms with van der Waals surface area (Å²) in [6.07, 6.45) is 0. The molecule has 2 rings (SSSR count). The minimum absolute atomic E-state index is 0.259. The number of amides is 1. The van der Waals surface area contributed by atoms with Gasteiger partial charge in [-0.3, -0.25) is 10.1 Å². The number of carbonyl (C=O) groups is 1. The molecule has 138 valence electrons. The second-order valence-electron chi connectivity index (χ2n) is 6.56. The van der Waals surface area contributed by atoms with Crippen molar-refractivity contribution in [3.63, 3.8) is 0 Å². The molecule has 0 radical (unpaired) electrons. The van der Waals surface area contributed by atoms with E-state index in [1.807, 2.05) is 32.0 Å². The summed E-state index contributed by atoms with van der Waals surface area (Å²) in [7, 11) is 0. The summed E-state index contributed by atoms with van der Waals surface area (Å²) >= 11 is 8.68. The van der Waals surface area contributed by atoms with Crippen LogP contribution in [0.15, 0.2) is 40.9 Å². The normalized spacial score (nSPS) is 10.5. The van der Waals surface area contributed by atoms with Crippen molar-refractivity contribution in [3.8, 4) is 5.75 Å². The number of halogens is 1. The van der Waals surface area contributed by atoms with E-state index in [1.54, 1.807) is 18.2 Å². The Bertz CT molecular complexity index is 821. The van der Waals surface area contributed by atoms with E-state index in [0.717, 1.165) is 15.7 Å². The second-order valence-corrected chi connectivity index (χ2v) is 7.82. The third-order valence-electron chi connectivity index (χ3n) is 3.76. The van der Waals surface area contributed by atoms with Gasteiger partial charge in [0.25, 0.3) is 5.91 Å². The summed E-state index contributed by atoms with van der Waals surface area (Å²) in [5.41, 5.74) is 3.70. The topological polar surface area (TPSA) is 50.4 Å². The van der Waals surface area contributed by atoms with Crippen LogP contribution in [-0.2, 0) is 0 Å². The van der Waals surface area contributed by atoms with E-state index >= 15 is 0 Å². The lowest BCUT2D eigenvalue weighted by atomic mass is 10.1. The van der Waals surface area contributed by atoms with E-state index in [1.165, 1.54) is 5.56 Å². The Morgan fingerprint density at radius 1 is 1.15 bits per heavy atom. The Balaban J connectivity index is 1.99. The third-order valence-corrected chi connectivity index (χ3v) is 4.58. The molecule has 0 atom stereocenters. The van der Waals surface area contributed by atoms with Gasteiger partial charge in [0, 0.05) is 11.3 Å². The molecule has 2 aromatic carbocycles. The number of thiocarbonyl (C=S) groups is 1. The van der Waals surface area contributed by atoms with Crippen molar-refractivity contribution in [3.05, 3.63) is 57.6 Å². The molecule has 0 aliphatic carbocycles. The Morgan fingerprint density at radius 3 is 2.50 bits per heavy atom. The number of anilines is 1. The molecular formula is C20H23BrN2O2S. The van der Waals surface area contributed by atoms with Gasteiger partial charge < -0.3 is 10.1 Å². The zero-order valence-electron chi connectivity index (χ0n) is 15.4. The molecule has 4 nitrogen and oxygen atoms in total. The Hall–Kier alpha value is -1.92. The van der Waals surface area contributed by atoms with Crippen molar-refractivity contribution in [2.45, 2.75) is 27.7 Å². The summed E-state index contributed by atoms with van der Waals surface area (Å²) in [6, 6.07) is 11.2. The zero-order valence-corrected chi connectivity index (χ0v) is 17.8. The summed E-state index contributed by atoms with van der Waals surface area (Å²) in [5, 5.41) is 5.99. The van der Waals surface area contributed by atoms with Gasteiger partial charge in [0.05, 0.1) is 11.1 Å². The van der Waals surface area contributed by atoms with Gasteiger partial charge in [-0.25, -0.2) is 0 Å². The number of rotatable bonds is 5. The van der Waals surface area contributed by atoms with Gasteiger partial charge in [-0.1, -0.05) is 19.9 Å². The van der Waals surface area contributed by atoms with Crippen molar-refractivity contribution >= 4 is 44.9 Å². The number of carbonyl (C=O) groups excluding carboxylic acids is 1. The van der Waals surface area contributed by atoms with Crippen LogP contribution >= 0.6 is 28.1 Å². The van der Waals surface area contributed by atoms with Crippen LogP contribution in [0.25, 0.3) is 0 Å². The first-order valence-corrected chi connectivity index (χ1v) is 9.58. The molecule has 2 N–H and O–H groups in total. The molecule has 0 fully saturated rings. The summed E-state index contributed by atoms with van der Waals surface area (Å²) in [6.45, 7) is 8.86. The third kappa shape index (κ3) is 5.81. The lowest BCUT2D eigenvalue weighted by molar-refractivity contribution is 0.0977. The molecule has 0 aliphatic rings. The molecule has 0 unspecified atom stereocenters. The van der Waals surface area contributed by atoms with Gasteiger partial charge in [0.1, 0.15) is 5.75 Å². The summed E-state index contributed by atoms with van der Waals surface area (Å²) < 4.78 is 6.43. The highest BCUT2D eigenvalue weighted by molar-refractivity contribution is 9.10. The van der Waals surface area contributed by atoms with Gasteiger partial charge >= 0.3 is 0 Å². The molecule has 0 aromatic heterocycles. The molecule has 26 heavy (non-hydrogen) atoms. The van der Waals surface area contributed by atoms with E-state index in [0.29, 0.717) is 23.8 Å². The molecule has 0 spiro atoms. The molecular weight excluding hydrogens is 412 g/mol. The van der Waals surface area contributed by atoms with Crippen LogP contribution in [0.2, 0.25) is 0 Å². The van der Waals surface area contributed by atoms with Crippen molar-refractivity contribution in [2.75, 3.05) is 11.9 Å². The number of nitrogens with one attached hydrogen (secondary N) is 2. The standard InChI is InChI=1S/C20H23BrN2O2S/c1-12(2)11-25-18-8-6-15(10-17(18)21)19(24)23-20(26)22-16-7-5-13(3)14(4)9-16/h5-10,12H,11H2,1-4H3,(H2,22,23,24,26). The molecule has 0 saturated heterocycles. The van der Waals surface area contributed by atoms with E-state index in [4.69, 9.17) is 17.0 Å². The van der Waals surface area contributed by atoms with Gasteiger partial charge in [-0.2, -0.15) is 0 Å². The average Bonchev–Trinajstić information content (AvgIpc) is 2.56. The average molecular weight is 435 g/mol. The molecule has 2 aromatic rings. The Labute approximate surface area is 168 Å². The number of hydrogen-bond acceptors (Lipinski definition) is 3. The maximum atomic E-state index is 12.4. The lowest BCUT2D eigenvalue weighted by Crippen LogP contribution is -2.34. The quantitative estimate of drug-likeness (QED) is 0.632. The predicted molar refractivity (Wildman–Crippen MR) is 114 cm³/mol. The number of ether oxygens (including phenoxy) is 1. The van der Waals surface area contributed by atoms with E-state index in [2.05, 4.69) is 40.4 Å². The second kappa shape index (κ2) is 9.14. The van der Waals surface area contributed by atoms with Crippen LogP contribution in [0.4, 0.5) is 5.69 Å². The minimum atomic E-state index is -0.276. The molecule has 0 bridgehead atoms. The minimum Gasteiger partial charge on any atom is -0.492 e. The van der Waals surface area contributed by atoms with Crippen LogP contribution in [0, 0.1) is 19.8 Å². The number of aryl methyl sites for hydroxylation is 2. The van der Waals surface area contributed by atoms with E-state index < -0.39 is 0 Å². The maximum Gasteiger partial charge on any atom is 0.257 e. The first-order valence-electron chi connectivity index (χ1n) is 8.38. The van der Waals surface area contributed by atoms with Gasteiger partial charge in [0.2, 0.25) is 0 Å². The highest BCUT2D eigenvalue weighted by Crippen LogP contribution is 2.26. The highest BCUT2D eigenvalue weighted by atomic mass is 79.9. The Morgan fingerprint density at radius 2 is 1.88 bits per heavy atom. The van der Waals surface area contributed by atoms with Crippen LogP contribution in [-0.4, -0.2) is 17.6 Å². The maximum absolute atomic E-state index is 12.4. The van der Waals surface area contributed by atoms with Crippen molar-refractivity contribution in [1.29, 1.82) is 0 Å². The molecule has 6 heteroatoms. The van der Waals surface area contributed by atoms with Gasteiger partial charge in [-0.05, 0) is 89.4 Å². The predicted octanol–water partition coefficient (Wildman–Crippen LogP) is 5.23. The fourth-order valence-corrected chi connectivity index (χ4v) is 2.88. The van der Waals surface area contributed by atoms with E-state index in [-0.39, 0.29) is 11.0 Å². The first kappa shape index (κ1) is 20.4. The molecule has 0 saturated carbocycles. The summed E-state index contributed by atoms with van der Waals surface area (Å²) in [4.78, 5) is 12.4. The van der Waals surface area contributed by atoms with Gasteiger partial charge in [-0.15, -0.1) is 0 Å². The van der Waals surface area contributed by atoms with Crippen molar-refractivity contribution in [2.24, 2.45) is 5.92 Å².